The molecule has 0 amide bonds. The van der Waals surface area contributed by atoms with E-state index < -0.39 is 12.0 Å². The van der Waals surface area contributed by atoms with Gasteiger partial charge in [-0.25, -0.2) is 4.79 Å². The first-order valence-electron chi connectivity index (χ1n) is 6.10. The number of carboxylic acids is 1. The molecule has 3 nitrogen and oxygen atoms in total. The number of aliphatic carboxylic acids is 1. The van der Waals surface area contributed by atoms with Crippen LogP contribution >= 0.6 is 0 Å². The average Bonchev–Trinajstić information content (AvgIpc) is 2.46. The quantitative estimate of drug-likeness (QED) is 0.851. The number of carboxylic acid groups (broad SMARTS) is 1. The van der Waals surface area contributed by atoms with Crippen molar-refractivity contribution in [2.45, 2.75) is 13.0 Å². The summed E-state index contributed by atoms with van der Waals surface area (Å²) in [7, 11) is 0. The molecule has 19 heavy (non-hydrogen) atoms. The Morgan fingerprint density at radius 2 is 1.37 bits per heavy atom. The Labute approximate surface area is 112 Å². The fraction of sp³-hybridized carbons (Fsp3) is 0.125. The van der Waals surface area contributed by atoms with Crippen LogP contribution in [0.15, 0.2) is 65.7 Å². The molecule has 96 valence electrons. The first-order chi connectivity index (χ1) is 9.18. The second kappa shape index (κ2) is 5.96. The highest BCUT2D eigenvalue weighted by Gasteiger charge is 2.13. The Morgan fingerprint density at radius 1 is 0.947 bits per heavy atom. The maximum atomic E-state index is 11.0. The molecule has 0 saturated carbocycles. The Bertz CT molecular complexity index is 535. The maximum absolute atomic E-state index is 11.0. The minimum atomic E-state index is -0.927. The molecule has 1 N–H and O–H groups in total. The van der Waals surface area contributed by atoms with Crippen molar-refractivity contribution >= 4 is 11.7 Å². The molecular formula is C16H15NO2. The summed E-state index contributed by atoms with van der Waals surface area (Å²) in [6.07, 6.45) is 0. The van der Waals surface area contributed by atoms with E-state index in [9.17, 15) is 4.79 Å². The molecule has 0 bridgehead atoms. The topological polar surface area (TPSA) is 49.7 Å². The highest BCUT2D eigenvalue weighted by Crippen LogP contribution is 2.12. The van der Waals surface area contributed by atoms with Gasteiger partial charge in [-0.15, -0.1) is 0 Å². The molecule has 0 aliphatic rings. The lowest BCUT2D eigenvalue weighted by molar-refractivity contribution is -0.137. The molecule has 2 aromatic rings. The fourth-order valence-corrected chi connectivity index (χ4v) is 1.76. The highest BCUT2D eigenvalue weighted by molar-refractivity contribution is 6.13. The second-order valence-corrected chi connectivity index (χ2v) is 4.22. The zero-order valence-electron chi connectivity index (χ0n) is 10.7. The Balaban J connectivity index is 2.49. The van der Waals surface area contributed by atoms with Gasteiger partial charge in [-0.2, -0.15) is 0 Å². The van der Waals surface area contributed by atoms with Crippen molar-refractivity contribution in [1.82, 2.24) is 0 Å². The maximum Gasteiger partial charge on any atom is 0.328 e. The standard InChI is InChI=1S/C16H15NO2/c1-12(16(18)19)17-15(13-8-4-2-5-9-13)14-10-6-3-7-11-14/h2-12H,1H3,(H,18,19). The van der Waals surface area contributed by atoms with Crippen molar-refractivity contribution in [1.29, 1.82) is 0 Å². The normalized spacial score (nSPS) is 11.6. The summed E-state index contributed by atoms with van der Waals surface area (Å²) < 4.78 is 0. The van der Waals surface area contributed by atoms with E-state index in [1.54, 1.807) is 6.92 Å². The van der Waals surface area contributed by atoms with E-state index in [0.717, 1.165) is 11.1 Å². The molecule has 0 aliphatic carbocycles. The monoisotopic (exact) mass is 253 g/mol. The van der Waals surface area contributed by atoms with Crippen LogP contribution in [-0.4, -0.2) is 22.8 Å². The van der Waals surface area contributed by atoms with E-state index in [-0.39, 0.29) is 0 Å². The van der Waals surface area contributed by atoms with Crippen molar-refractivity contribution in [2.75, 3.05) is 0 Å². The number of rotatable bonds is 4. The zero-order valence-corrected chi connectivity index (χ0v) is 10.7. The SMILES string of the molecule is CC(N=C(c1ccccc1)c1ccccc1)C(=O)O. The average molecular weight is 253 g/mol. The minimum Gasteiger partial charge on any atom is -0.480 e. The molecule has 0 saturated heterocycles. The van der Waals surface area contributed by atoms with E-state index in [4.69, 9.17) is 5.11 Å². The van der Waals surface area contributed by atoms with Gasteiger partial charge in [0.05, 0.1) is 5.71 Å². The van der Waals surface area contributed by atoms with Gasteiger partial charge < -0.3 is 5.11 Å². The van der Waals surface area contributed by atoms with Gasteiger partial charge in [0.25, 0.3) is 0 Å². The third-order valence-corrected chi connectivity index (χ3v) is 2.77. The predicted molar refractivity (Wildman–Crippen MR) is 75.6 cm³/mol. The van der Waals surface area contributed by atoms with Crippen LogP contribution in [0.2, 0.25) is 0 Å². The third-order valence-electron chi connectivity index (χ3n) is 2.77. The van der Waals surface area contributed by atoms with Gasteiger partial charge in [0, 0.05) is 11.1 Å². The van der Waals surface area contributed by atoms with Crippen molar-refractivity contribution in [2.24, 2.45) is 4.99 Å². The lowest BCUT2D eigenvalue weighted by Crippen LogP contribution is -2.17. The van der Waals surface area contributed by atoms with Gasteiger partial charge in [0.15, 0.2) is 0 Å². The number of aliphatic imine (C=N–C) groups is 1. The van der Waals surface area contributed by atoms with Crippen LogP contribution in [-0.2, 0) is 4.79 Å². The molecule has 0 spiro atoms. The van der Waals surface area contributed by atoms with Crippen LogP contribution in [0.25, 0.3) is 0 Å². The molecule has 0 fully saturated rings. The fourth-order valence-electron chi connectivity index (χ4n) is 1.76. The number of benzene rings is 2. The largest absolute Gasteiger partial charge is 0.480 e. The predicted octanol–water partition coefficient (Wildman–Crippen LogP) is 3.00. The van der Waals surface area contributed by atoms with Crippen LogP contribution in [0, 0.1) is 0 Å². The molecule has 0 aromatic heterocycles. The first-order valence-corrected chi connectivity index (χ1v) is 6.10. The molecule has 1 unspecified atom stereocenters. The summed E-state index contributed by atoms with van der Waals surface area (Å²) in [6.45, 7) is 1.58. The van der Waals surface area contributed by atoms with Gasteiger partial charge in [-0.05, 0) is 6.92 Å². The van der Waals surface area contributed by atoms with Gasteiger partial charge in [0.1, 0.15) is 6.04 Å². The summed E-state index contributed by atoms with van der Waals surface area (Å²) in [5.74, 6) is -0.927. The molecule has 2 rings (SSSR count). The van der Waals surface area contributed by atoms with E-state index in [1.165, 1.54) is 0 Å². The summed E-state index contributed by atoms with van der Waals surface area (Å²) in [5, 5.41) is 9.02. The third kappa shape index (κ3) is 3.28. The molecule has 2 aromatic carbocycles. The van der Waals surface area contributed by atoms with Crippen molar-refractivity contribution in [3.63, 3.8) is 0 Å². The highest BCUT2D eigenvalue weighted by atomic mass is 16.4. The van der Waals surface area contributed by atoms with Crippen molar-refractivity contribution < 1.29 is 9.90 Å². The lowest BCUT2D eigenvalue weighted by Gasteiger charge is -2.09. The second-order valence-electron chi connectivity index (χ2n) is 4.22. The summed E-state index contributed by atoms with van der Waals surface area (Å²) in [6, 6.07) is 18.5. The Morgan fingerprint density at radius 3 is 1.74 bits per heavy atom. The molecule has 0 aliphatic heterocycles. The summed E-state index contributed by atoms with van der Waals surface area (Å²) in [4.78, 5) is 15.3. The Hall–Kier alpha value is -2.42. The van der Waals surface area contributed by atoms with E-state index in [2.05, 4.69) is 4.99 Å². The Kier molecular flexibility index (Phi) is 4.08. The molecule has 0 radical (unpaired) electrons. The molecular weight excluding hydrogens is 238 g/mol. The van der Waals surface area contributed by atoms with Crippen molar-refractivity contribution in [3.05, 3.63) is 71.8 Å². The summed E-state index contributed by atoms with van der Waals surface area (Å²) in [5.41, 5.74) is 2.54. The van der Waals surface area contributed by atoms with Crippen LogP contribution in [0.4, 0.5) is 0 Å². The smallest absolute Gasteiger partial charge is 0.328 e. The van der Waals surface area contributed by atoms with Gasteiger partial charge in [-0.1, -0.05) is 60.7 Å². The van der Waals surface area contributed by atoms with Crippen LogP contribution in [0.3, 0.4) is 0 Å². The van der Waals surface area contributed by atoms with Crippen molar-refractivity contribution in [3.8, 4) is 0 Å². The van der Waals surface area contributed by atoms with E-state index in [1.807, 2.05) is 60.7 Å². The minimum absolute atomic E-state index is 0.705. The molecule has 0 heterocycles. The lowest BCUT2D eigenvalue weighted by atomic mass is 10.0. The van der Waals surface area contributed by atoms with E-state index in [0.29, 0.717) is 5.71 Å². The molecule has 1 atom stereocenters. The molecule has 3 heteroatoms. The zero-order chi connectivity index (χ0) is 13.7. The first kappa shape index (κ1) is 13.0. The number of nitrogens with zero attached hydrogens (tertiary/aromatic N) is 1. The van der Waals surface area contributed by atoms with E-state index >= 15 is 0 Å². The van der Waals surface area contributed by atoms with Crippen LogP contribution in [0.5, 0.6) is 0 Å². The number of hydrogen-bond acceptors (Lipinski definition) is 2. The van der Waals surface area contributed by atoms with Crippen LogP contribution < -0.4 is 0 Å². The van der Waals surface area contributed by atoms with Gasteiger partial charge in [0.2, 0.25) is 0 Å². The van der Waals surface area contributed by atoms with Crippen LogP contribution in [0.1, 0.15) is 18.1 Å². The van der Waals surface area contributed by atoms with Gasteiger partial charge >= 0.3 is 5.97 Å². The number of carbonyl (C=O) groups is 1. The summed E-state index contributed by atoms with van der Waals surface area (Å²) >= 11 is 0. The van der Waals surface area contributed by atoms with Gasteiger partial charge in [-0.3, -0.25) is 4.99 Å². The number of hydrogen-bond donors (Lipinski definition) is 1.